The monoisotopic (exact) mass is 244 g/mol. The predicted octanol–water partition coefficient (Wildman–Crippen LogP) is 3.32. The molecule has 1 aromatic rings. The molecule has 0 spiro atoms. The molecule has 18 heavy (non-hydrogen) atoms. The molecule has 0 atom stereocenters. The highest BCUT2D eigenvalue weighted by Gasteiger charge is 2.27. The van der Waals surface area contributed by atoms with E-state index in [1.807, 2.05) is 0 Å². The van der Waals surface area contributed by atoms with Crippen LogP contribution in [0.4, 0.5) is 5.69 Å². The first-order valence-corrected chi connectivity index (χ1v) is 7.32. The minimum atomic E-state index is 0.551. The van der Waals surface area contributed by atoms with Crippen LogP contribution in [-0.4, -0.2) is 13.1 Å². The van der Waals surface area contributed by atoms with Crippen molar-refractivity contribution in [3.63, 3.8) is 0 Å². The van der Waals surface area contributed by atoms with Gasteiger partial charge in [0, 0.05) is 25.3 Å². The molecule has 2 heteroatoms. The number of hydrogen-bond donors (Lipinski definition) is 2. The normalized spacial score (nSPS) is 20.7. The summed E-state index contributed by atoms with van der Waals surface area (Å²) >= 11 is 0. The molecule has 0 amide bonds. The van der Waals surface area contributed by atoms with Gasteiger partial charge in [-0.1, -0.05) is 31.9 Å². The van der Waals surface area contributed by atoms with Crippen molar-refractivity contribution in [2.24, 2.45) is 5.41 Å². The van der Waals surface area contributed by atoms with Gasteiger partial charge in [-0.15, -0.1) is 0 Å². The molecule has 1 heterocycles. The van der Waals surface area contributed by atoms with Crippen LogP contribution in [0.1, 0.15) is 43.7 Å². The summed E-state index contributed by atoms with van der Waals surface area (Å²) in [5.74, 6) is 0. The van der Waals surface area contributed by atoms with Crippen LogP contribution in [0.15, 0.2) is 18.2 Å². The number of nitrogens with one attached hydrogen (secondary N) is 2. The number of benzene rings is 1. The Labute approximate surface area is 110 Å². The quantitative estimate of drug-likeness (QED) is 0.849. The minimum absolute atomic E-state index is 0.551. The van der Waals surface area contributed by atoms with Crippen molar-refractivity contribution in [2.45, 2.75) is 45.6 Å². The van der Waals surface area contributed by atoms with E-state index in [4.69, 9.17) is 0 Å². The van der Waals surface area contributed by atoms with E-state index in [0.717, 1.165) is 19.6 Å². The summed E-state index contributed by atoms with van der Waals surface area (Å²) in [6.07, 6.45) is 6.81. The van der Waals surface area contributed by atoms with Gasteiger partial charge in [-0.25, -0.2) is 0 Å². The number of rotatable bonds is 4. The third-order valence-corrected chi connectivity index (χ3v) is 4.58. The molecule has 0 unspecified atom stereocenters. The molecule has 0 aromatic heterocycles. The average molecular weight is 244 g/mol. The molecule has 1 saturated carbocycles. The lowest BCUT2D eigenvalue weighted by atomic mass is 9.89. The van der Waals surface area contributed by atoms with Crippen molar-refractivity contribution in [3.05, 3.63) is 29.3 Å². The molecule has 0 bridgehead atoms. The van der Waals surface area contributed by atoms with Crippen LogP contribution < -0.4 is 10.6 Å². The second kappa shape index (κ2) is 4.93. The summed E-state index contributed by atoms with van der Waals surface area (Å²) in [6, 6.07) is 6.87. The van der Waals surface area contributed by atoms with E-state index in [-0.39, 0.29) is 0 Å². The summed E-state index contributed by atoms with van der Waals surface area (Å²) in [5, 5.41) is 7.10. The predicted molar refractivity (Wildman–Crippen MR) is 76.9 cm³/mol. The van der Waals surface area contributed by atoms with Crippen LogP contribution in [0, 0.1) is 5.41 Å². The summed E-state index contributed by atoms with van der Waals surface area (Å²) < 4.78 is 0. The molecular formula is C16H24N2. The molecule has 2 aliphatic rings. The average Bonchev–Trinajstić information content (AvgIpc) is 2.97. The van der Waals surface area contributed by atoms with Gasteiger partial charge in [0.15, 0.2) is 0 Å². The zero-order chi connectivity index (χ0) is 12.4. The summed E-state index contributed by atoms with van der Waals surface area (Å²) in [6.45, 7) is 5.70. The Bertz CT molecular complexity index is 419. The van der Waals surface area contributed by atoms with Gasteiger partial charge in [-0.05, 0) is 41.9 Å². The molecule has 1 aliphatic carbocycles. The minimum Gasteiger partial charge on any atom is -0.384 e. The largest absolute Gasteiger partial charge is 0.384 e. The number of hydrogen-bond acceptors (Lipinski definition) is 2. The van der Waals surface area contributed by atoms with Crippen molar-refractivity contribution in [1.29, 1.82) is 0 Å². The Balaban J connectivity index is 1.54. The van der Waals surface area contributed by atoms with E-state index >= 15 is 0 Å². The van der Waals surface area contributed by atoms with Crippen LogP contribution >= 0.6 is 0 Å². The highest BCUT2D eigenvalue weighted by atomic mass is 14.9. The highest BCUT2D eigenvalue weighted by molar-refractivity contribution is 5.56. The van der Waals surface area contributed by atoms with Crippen molar-refractivity contribution in [2.75, 3.05) is 18.4 Å². The van der Waals surface area contributed by atoms with Crippen LogP contribution in [0.5, 0.6) is 0 Å². The topological polar surface area (TPSA) is 24.1 Å². The van der Waals surface area contributed by atoms with E-state index in [0.29, 0.717) is 5.41 Å². The van der Waals surface area contributed by atoms with Crippen molar-refractivity contribution >= 4 is 5.69 Å². The molecule has 2 nitrogen and oxygen atoms in total. The van der Waals surface area contributed by atoms with Gasteiger partial charge in [0.25, 0.3) is 0 Å². The maximum atomic E-state index is 3.65. The van der Waals surface area contributed by atoms with E-state index in [1.54, 1.807) is 0 Å². The lowest BCUT2D eigenvalue weighted by Crippen LogP contribution is -2.29. The third-order valence-electron chi connectivity index (χ3n) is 4.58. The third kappa shape index (κ3) is 2.54. The second-order valence-corrected chi connectivity index (χ2v) is 6.29. The first kappa shape index (κ1) is 12.0. The van der Waals surface area contributed by atoms with E-state index in [2.05, 4.69) is 35.8 Å². The van der Waals surface area contributed by atoms with Gasteiger partial charge in [-0.3, -0.25) is 0 Å². The fourth-order valence-electron chi connectivity index (χ4n) is 3.36. The molecule has 2 N–H and O–H groups in total. The van der Waals surface area contributed by atoms with E-state index in [9.17, 15) is 0 Å². The fourth-order valence-corrected chi connectivity index (χ4v) is 3.36. The molecule has 98 valence electrons. The van der Waals surface area contributed by atoms with Crippen LogP contribution in [0.3, 0.4) is 0 Å². The molecule has 0 radical (unpaired) electrons. The van der Waals surface area contributed by atoms with Gasteiger partial charge in [0.2, 0.25) is 0 Å². The zero-order valence-electron chi connectivity index (χ0n) is 11.4. The molecule has 1 aliphatic heterocycles. The number of fused-ring (bicyclic) bond motifs is 1. The van der Waals surface area contributed by atoms with Gasteiger partial charge < -0.3 is 10.6 Å². The molecular weight excluding hydrogens is 220 g/mol. The Morgan fingerprint density at radius 2 is 2.11 bits per heavy atom. The Kier molecular flexibility index (Phi) is 3.29. The van der Waals surface area contributed by atoms with Gasteiger partial charge in [-0.2, -0.15) is 0 Å². The smallest absolute Gasteiger partial charge is 0.0376 e. The first-order chi connectivity index (χ1) is 8.75. The summed E-state index contributed by atoms with van der Waals surface area (Å²) in [7, 11) is 0. The van der Waals surface area contributed by atoms with Gasteiger partial charge >= 0.3 is 0 Å². The molecule has 3 rings (SSSR count). The second-order valence-electron chi connectivity index (χ2n) is 6.29. The van der Waals surface area contributed by atoms with Crippen LogP contribution in [0.25, 0.3) is 0 Å². The Morgan fingerprint density at radius 3 is 2.94 bits per heavy atom. The van der Waals surface area contributed by atoms with E-state index in [1.165, 1.54) is 48.9 Å². The van der Waals surface area contributed by atoms with Crippen LogP contribution in [-0.2, 0) is 13.0 Å². The lowest BCUT2D eigenvalue weighted by Gasteiger charge is -2.23. The summed E-state index contributed by atoms with van der Waals surface area (Å²) in [4.78, 5) is 0. The first-order valence-electron chi connectivity index (χ1n) is 7.32. The molecule has 1 fully saturated rings. The van der Waals surface area contributed by atoms with Crippen molar-refractivity contribution < 1.29 is 0 Å². The Morgan fingerprint density at radius 1 is 1.28 bits per heavy atom. The summed E-state index contributed by atoms with van der Waals surface area (Å²) in [5.41, 5.74) is 4.78. The van der Waals surface area contributed by atoms with E-state index < -0.39 is 0 Å². The van der Waals surface area contributed by atoms with Crippen molar-refractivity contribution in [1.82, 2.24) is 5.32 Å². The zero-order valence-corrected chi connectivity index (χ0v) is 11.4. The maximum absolute atomic E-state index is 3.65. The molecule has 1 aromatic carbocycles. The standard InChI is InChI=1S/C16H24N2/c1-16(7-2-3-8-16)12-17-11-13-4-5-14-6-9-18-15(14)10-13/h4-5,10,17-18H,2-3,6-9,11-12H2,1H3. The number of anilines is 1. The van der Waals surface area contributed by atoms with Gasteiger partial charge in [0.1, 0.15) is 0 Å². The Hall–Kier alpha value is -1.02. The molecule has 0 saturated heterocycles. The highest BCUT2D eigenvalue weighted by Crippen LogP contribution is 2.36. The van der Waals surface area contributed by atoms with Crippen LogP contribution in [0.2, 0.25) is 0 Å². The lowest BCUT2D eigenvalue weighted by molar-refractivity contribution is 0.314. The van der Waals surface area contributed by atoms with Gasteiger partial charge in [0.05, 0.1) is 0 Å². The maximum Gasteiger partial charge on any atom is 0.0376 e. The SMILES string of the molecule is CC1(CNCc2ccc3c(c2)NCC3)CCCC1. The fraction of sp³-hybridized carbons (Fsp3) is 0.625. The van der Waals surface area contributed by atoms with Crippen molar-refractivity contribution in [3.8, 4) is 0 Å².